The van der Waals surface area contributed by atoms with Crippen LogP contribution in [0.15, 0.2) is 78.9 Å². The molecule has 0 unspecified atom stereocenters. The number of hydrogen-bond donors (Lipinski definition) is 3. The van der Waals surface area contributed by atoms with Gasteiger partial charge in [-0.2, -0.15) is 0 Å². The van der Waals surface area contributed by atoms with Gasteiger partial charge in [0.05, 0.1) is 6.61 Å². The van der Waals surface area contributed by atoms with Crippen LogP contribution in [0.3, 0.4) is 0 Å². The molecule has 176 valence electrons. The number of thiocarbonyl (C=S) groups is 1. The molecule has 3 aromatic carbocycles. The molecule has 0 aliphatic carbocycles. The van der Waals surface area contributed by atoms with Gasteiger partial charge >= 0.3 is 0 Å². The molecule has 2 amide bonds. The molecule has 0 bridgehead atoms. The van der Waals surface area contributed by atoms with Gasteiger partial charge in [0.25, 0.3) is 11.8 Å². The minimum atomic E-state index is -0.313. The van der Waals surface area contributed by atoms with Crippen molar-refractivity contribution in [2.75, 3.05) is 11.9 Å². The maximum Gasteiger partial charge on any atom is 0.257 e. The average molecular weight is 476 g/mol. The van der Waals surface area contributed by atoms with E-state index < -0.39 is 0 Å². The van der Waals surface area contributed by atoms with Crippen LogP contribution in [0.4, 0.5) is 5.69 Å². The standard InChI is InChI=1S/C27H29N3O3S/c1-2-3-7-18-33-24-16-12-22(13-17-24)26(32)30-27(34)29-23-14-10-21(11-15-23)25(31)28-19-20-8-5-4-6-9-20/h4-6,8-17H,2-3,7,18-19H2,1H3,(H,28,31)(H2,29,30,32,34). The van der Waals surface area contributed by atoms with E-state index in [1.807, 2.05) is 30.3 Å². The highest BCUT2D eigenvalue weighted by Crippen LogP contribution is 2.14. The minimum absolute atomic E-state index is 0.163. The van der Waals surface area contributed by atoms with Gasteiger partial charge in [-0.15, -0.1) is 0 Å². The van der Waals surface area contributed by atoms with Gasteiger partial charge in [0.2, 0.25) is 0 Å². The Bertz CT molecular complexity index is 1080. The number of carbonyl (C=O) groups excluding carboxylic acids is 2. The molecule has 0 spiro atoms. The first kappa shape index (κ1) is 24.9. The smallest absolute Gasteiger partial charge is 0.257 e. The first-order valence-corrected chi connectivity index (χ1v) is 11.7. The Morgan fingerprint density at radius 1 is 0.824 bits per heavy atom. The number of unbranched alkanes of at least 4 members (excludes halogenated alkanes) is 2. The molecule has 0 aliphatic rings. The summed E-state index contributed by atoms with van der Waals surface area (Å²) in [6.07, 6.45) is 3.29. The normalized spacial score (nSPS) is 10.3. The number of rotatable bonds is 10. The van der Waals surface area contributed by atoms with Crippen molar-refractivity contribution in [3.05, 3.63) is 95.6 Å². The molecular formula is C27H29N3O3S. The summed E-state index contributed by atoms with van der Waals surface area (Å²) >= 11 is 5.25. The van der Waals surface area contributed by atoms with Gasteiger partial charge in [-0.1, -0.05) is 50.1 Å². The number of nitrogens with one attached hydrogen (secondary N) is 3. The van der Waals surface area contributed by atoms with Crippen molar-refractivity contribution in [3.63, 3.8) is 0 Å². The molecule has 0 saturated heterocycles. The number of amides is 2. The van der Waals surface area contributed by atoms with Crippen molar-refractivity contribution < 1.29 is 14.3 Å². The van der Waals surface area contributed by atoms with Crippen LogP contribution in [0.2, 0.25) is 0 Å². The number of ether oxygens (including phenoxy) is 1. The van der Waals surface area contributed by atoms with E-state index in [1.54, 1.807) is 48.5 Å². The maximum absolute atomic E-state index is 12.5. The second kappa shape index (κ2) is 13.1. The van der Waals surface area contributed by atoms with E-state index in [9.17, 15) is 9.59 Å². The van der Waals surface area contributed by atoms with Crippen molar-refractivity contribution in [1.29, 1.82) is 0 Å². The highest BCUT2D eigenvalue weighted by molar-refractivity contribution is 7.80. The van der Waals surface area contributed by atoms with Crippen LogP contribution in [-0.2, 0) is 6.54 Å². The molecule has 0 aliphatic heterocycles. The molecule has 7 heteroatoms. The summed E-state index contributed by atoms with van der Waals surface area (Å²) in [4.78, 5) is 24.8. The lowest BCUT2D eigenvalue weighted by molar-refractivity contribution is 0.0948. The molecule has 0 aromatic heterocycles. The molecule has 34 heavy (non-hydrogen) atoms. The summed E-state index contributed by atoms with van der Waals surface area (Å²) in [5, 5.41) is 8.68. The third kappa shape index (κ3) is 8.01. The van der Waals surface area contributed by atoms with Crippen molar-refractivity contribution in [2.24, 2.45) is 0 Å². The fourth-order valence-corrected chi connectivity index (χ4v) is 3.38. The first-order chi connectivity index (χ1) is 16.5. The van der Waals surface area contributed by atoms with E-state index in [0.29, 0.717) is 30.0 Å². The lowest BCUT2D eigenvalue weighted by atomic mass is 10.1. The van der Waals surface area contributed by atoms with Crippen molar-refractivity contribution in [2.45, 2.75) is 32.7 Å². The zero-order valence-electron chi connectivity index (χ0n) is 19.2. The van der Waals surface area contributed by atoms with E-state index in [-0.39, 0.29) is 16.9 Å². The van der Waals surface area contributed by atoms with E-state index in [0.717, 1.165) is 30.6 Å². The molecule has 0 radical (unpaired) electrons. The SMILES string of the molecule is CCCCCOc1ccc(C(=O)NC(=S)Nc2ccc(C(=O)NCc3ccccc3)cc2)cc1. The van der Waals surface area contributed by atoms with Gasteiger partial charge in [-0.3, -0.25) is 14.9 Å². The van der Waals surface area contributed by atoms with Crippen LogP contribution >= 0.6 is 12.2 Å². The minimum Gasteiger partial charge on any atom is -0.494 e. The van der Waals surface area contributed by atoms with E-state index in [2.05, 4.69) is 22.9 Å². The second-order valence-corrected chi connectivity index (χ2v) is 8.14. The molecule has 3 N–H and O–H groups in total. The first-order valence-electron chi connectivity index (χ1n) is 11.3. The Morgan fingerprint density at radius 3 is 2.15 bits per heavy atom. The Balaban J connectivity index is 1.45. The fraction of sp³-hybridized carbons (Fsp3) is 0.222. The highest BCUT2D eigenvalue weighted by atomic mass is 32.1. The van der Waals surface area contributed by atoms with Gasteiger partial charge in [-0.05, 0) is 72.7 Å². The maximum atomic E-state index is 12.5. The topological polar surface area (TPSA) is 79.5 Å². The molecule has 3 aromatic rings. The van der Waals surface area contributed by atoms with Gasteiger partial charge < -0.3 is 15.4 Å². The van der Waals surface area contributed by atoms with E-state index in [4.69, 9.17) is 17.0 Å². The van der Waals surface area contributed by atoms with Crippen molar-refractivity contribution in [1.82, 2.24) is 10.6 Å². The van der Waals surface area contributed by atoms with Crippen LogP contribution < -0.4 is 20.7 Å². The second-order valence-electron chi connectivity index (χ2n) is 7.73. The summed E-state index contributed by atoms with van der Waals surface area (Å²) in [7, 11) is 0. The largest absolute Gasteiger partial charge is 0.494 e. The highest BCUT2D eigenvalue weighted by Gasteiger charge is 2.09. The molecule has 0 atom stereocenters. The summed E-state index contributed by atoms with van der Waals surface area (Å²) in [5.74, 6) is 0.261. The molecule has 6 nitrogen and oxygen atoms in total. The Kier molecular flexibility index (Phi) is 9.61. The number of anilines is 1. The molecule has 0 heterocycles. The fourth-order valence-electron chi connectivity index (χ4n) is 3.17. The number of benzene rings is 3. The molecule has 0 saturated carbocycles. The Hall–Kier alpha value is -3.71. The van der Waals surface area contributed by atoms with Crippen LogP contribution in [0.1, 0.15) is 52.5 Å². The number of carbonyl (C=O) groups is 2. The predicted molar refractivity (Wildman–Crippen MR) is 139 cm³/mol. The zero-order chi connectivity index (χ0) is 24.2. The van der Waals surface area contributed by atoms with E-state index in [1.165, 1.54) is 0 Å². The van der Waals surface area contributed by atoms with Crippen LogP contribution in [0.5, 0.6) is 5.75 Å². The summed E-state index contributed by atoms with van der Waals surface area (Å²) in [6, 6.07) is 23.6. The lowest BCUT2D eigenvalue weighted by Gasteiger charge is -2.11. The predicted octanol–water partition coefficient (Wildman–Crippen LogP) is 5.31. The summed E-state index contributed by atoms with van der Waals surface area (Å²) in [5.41, 5.74) is 2.72. The molecule has 3 rings (SSSR count). The van der Waals surface area contributed by atoms with Gasteiger partial charge in [0.15, 0.2) is 5.11 Å². The lowest BCUT2D eigenvalue weighted by Crippen LogP contribution is -2.34. The third-order valence-electron chi connectivity index (χ3n) is 5.06. The molecule has 0 fully saturated rings. The average Bonchev–Trinajstić information content (AvgIpc) is 2.86. The summed E-state index contributed by atoms with van der Waals surface area (Å²) in [6.45, 7) is 3.27. The Morgan fingerprint density at radius 2 is 1.47 bits per heavy atom. The Labute approximate surface area is 205 Å². The van der Waals surface area contributed by atoms with Crippen molar-refractivity contribution in [3.8, 4) is 5.75 Å². The summed E-state index contributed by atoms with van der Waals surface area (Å²) < 4.78 is 5.67. The van der Waals surface area contributed by atoms with Crippen molar-refractivity contribution >= 4 is 34.8 Å². The monoisotopic (exact) mass is 475 g/mol. The number of hydrogen-bond acceptors (Lipinski definition) is 4. The quantitative estimate of drug-likeness (QED) is 0.273. The van der Waals surface area contributed by atoms with E-state index >= 15 is 0 Å². The van der Waals surface area contributed by atoms with Crippen LogP contribution in [0.25, 0.3) is 0 Å². The van der Waals surface area contributed by atoms with Gasteiger partial charge in [-0.25, -0.2) is 0 Å². The van der Waals surface area contributed by atoms with Gasteiger partial charge in [0.1, 0.15) is 5.75 Å². The third-order valence-corrected chi connectivity index (χ3v) is 5.27. The molecular weight excluding hydrogens is 446 g/mol. The van der Waals surface area contributed by atoms with Gasteiger partial charge in [0, 0.05) is 23.4 Å². The zero-order valence-corrected chi connectivity index (χ0v) is 20.0. The van der Waals surface area contributed by atoms with Crippen LogP contribution in [-0.4, -0.2) is 23.5 Å². The van der Waals surface area contributed by atoms with Crippen LogP contribution in [0, 0.1) is 0 Å².